The largest absolute Gasteiger partial charge is 0.486 e. The van der Waals surface area contributed by atoms with Gasteiger partial charge in [0.2, 0.25) is 0 Å². The summed E-state index contributed by atoms with van der Waals surface area (Å²) in [4.78, 5) is 12.4. The predicted molar refractivity (Wildman–Crippen MR) is 101 cm³/mol. The molecule has 0 fully saturated rings. The van der Waals surface area contributed by atoms with Gasteiger partial charge in [0.25, 0.3) is 5.91 Å². The van der Waals surface area contributed by atoms with Crippen molar-refractivity contribution in [2.24, 2.45) is 0 Å². The molecular weight excluding hydrogens is 358 g/mol. The van der Waals surface area contributed by atoms with E-state index in [-0.39, 0.29) is 18.3 Å². The molecule has 0 aliphatic heterocycles. The number of para-hydroxylation sites is 1. The van der Waals surface area contributed by atoms with Gasteiger partial charge in [-0.25, -0.2) is 4.68 Å². The molecule has 0 aliphatic carbocycles. The van der Waals surface area contributed by atoms with Crippen LogP contribution in [-0.4, -0.2) is 26.1 Å². The molecule has 2 heterocycles. The highest BCUT2D eigenvalue weighted by Gasteiger charge is 2.13. The molecule has 0 spiro atoms. The zero-order chi connectivity index (χ0) is 19.3. The molecule has 140 valence electrons. The van der Waals surface area contributed by atoms with Crippen molar-refractivity contribution in [3.05, 3.63) is 84.1 Å². The highest BCUT2D eigenvalue weighted by atomic mass is 16.5. The average molecular weight is 375 g/mol. The van der Waals surface area contributed by atoms with E-state index in [2.05, 4.69) is 20.8 Å². The molecule has 0 saturated heterocycles. The molecule has 28 heavy (non-hydrogen) atoms. The van der Waals surface area contributed by atoms with Crippen LogP contribution in [0, 0.1) is 6.92 Å². The number of carbonyl (C=O) groups is 1. The molecule has 0 atom stereocenters. The van der Waals surface area contributed by atoms with Crippen LogP contribution in [0.25, 0.3) is 5.69 Å². The fourth-order valence-electron chi connectivity index (χ4n) is 2.70. The van der Waals surface area contributed by atoms with E-state index in [9.17, 15) is 4.79 Å². The third kappa shape index (κ3) is 3.90. The monoisotopic (exact) mass is 375 g/mol. The molecule has 2 aromatic carbocycles. The Labute approximate surface area is 160 Å². The normalized spacial score (nSPS) is 10.6. The van der Waals surface area contributed by atoms with Crippen molar-refractivity contribution in [2.75, 3.05) is 5.32 Å². The van der Waals surface area contributed by atoms with Crippen LogP contribution in [0.15, 0.2) is 71.4 Å². The number of hydrogen-bond acceptors (Lipinski definition) is 6. The van der Waals surface area contributed by atoms with Gasteiger partial charge in [-0.3, -0.25) is 4.79 Å². The first kappa shape index (κ1) is 17.5. The van der Waals surface area contributed by atoms with Crippen LogP contribution in [0.5, 0.6) is 5.75 Å². The molecule has 4 aromatic rings. The fourth-order valence-corrected chi connectivity index (χ4v) is 2.70. The van der Waals surface area contributed by atoms with Crippen molar-refractivity contribution in [1.29, 1.82) is 0 Å². The van der Waals surface area contributed by atoms with E-state index in [0.717, 1.165) is 17.0 Å². The second-order valence-corrected chi connectivity index (χ2v) is 6.08. The maximum absolute atomic E-state index is 12.4. The summed E-state index contributed by atoms with van der Waals surface area (Å²) in [5.74, 6) is 1.19. The van der Waals surface area contributed by atoms with Gasteiger partial charge in [0.15, 0.2) is 5.76 Å². The van der Waals surface area contributed by atoms with E-state index < -0.39 is 0 Å². The van der Waals surface area contributed by atoms with Crippen LogP contribution < -0.4 is 10.1 Å². The van der Waals surface area contributed by atoms with Crippen LogP contribution in [0.3, 0.4) is 0 Å². The number of amides is 1. The molecule has 0 saturated carbocycles. The molecule has 0 bridgehead atoms. The number of ether oxygens (including phenoxy) is 1. The Morgan fingerprint density at radius 2 is 2.00 bits per heavy atom. The first-order valence-electron chi connectivity index (χ1n) is 8.61. The highest BCUT2D eigenvalue weighted by molar-refractivity contribution is 6.02. The summed E-state index contributed by atoms with van der Waals surface area (Å²) in [7, 11) is 0. The molecule has 1 N–H and O–H groups in total. The van der Waals surface area contributed by atoms with Gasteiger partial charge >= 0.3 is 0 Å². The minimum Gasteiger partial charge on any atom is -0.486 e. The summed E-state index contributed by atoms with van der Waals surface area (Å²) >= 11 is 0. The summed E-state index contributed by atoms with van der Waals surface area (Å²) in [6.07, 6.45) is 1.52. The number of tetrazole rings is 1. The van der Waals surface area contributed by atoms with Gasteiger partial charge in [0.1, 0.15) is 24.4 Å². The number of furan rings is 1. The molecule has 2 aromatic heterocycles. The lowest BCUT2D eigenvalue weighted by atomic mass is 10.2. The summed E-state index contributed by atoms with van der Waals surface area (Å²) in [6.45, 7) is 2.16. The molecule has 0 aliphatic rings. The van der Waals surface area contributed by atoms with Crippen molar-refractivity contribution in [3.8, 4) is 11.4 Å². The van der Waals surface area contributed by atoms with Gasteiger partial charge in [0, 0.05) is 5.69 Å². The lowest BCUT2D eigenvalue weighted by molar-refractivity contribution is 0.0992. The van der Waals surface area contributed by atoms with Crippen molar-refractivity contribution in [1.82, 2.24) is 20.2 Å². The summed E-state index contributed by atoms with van der Waals surface area (Å²) < 4.78 is 12.8. The fraction of sp³-hybridized carbons (Fsp3) is 0.100. The number of carbonyl (C=O) groups excluding carboxylic acids is 1. The van der Waals surface area contributed by atoms with Gasteiger partial charge in [-0.1, -0.05) is 18.2 Å². The standard InChI is InChI=1S/C20H17N5O3/c1-14-11-15(7-9-18(14)25-13-21-23-24-25)22-20(26)19-10-8-17(28-19)12-27-16-5-3-2-4-6-16/h2-11,13H,12H2,1H3,(H,22,26). The maximum Gasteiger partial charge on any atom is 0.291 e. The van der Waals surface area contributed by atoms with Crippen LogP contribution in [0.1, 0.15) is 21.9 Å². The number of nitrogens with one attached hydrogen (secondary N) is 1. The predicted octanol–water partition coefficient (Wildman–Crippen LogP) is 3.40. The van der Waals surface area contributed by atoms with Crippen molar-refractivity contribution in [3.63, 3.8) is 0 Å². The number of benzene rings is 2. The van der Waals surface area contributed by atoms with Crippen LogP contribution in [-0.2, 0) is 6.61 Å². The van der Waals surface area contributed by atoms with E-state index in [1.165, 1.54) is 6.33 Å². The average Bonchev–Trinajstić information content (AvgIpc) is 3.39. The second kappa shape index (κ2) is 7.75. The molecule has 1 amide bonds. The van der Waals surface area contributed by atoms with Crippen molar-refractivity contribution in [2.45, 2.75) is 13.5 Å². The topological polar surface area (TPSA) is 95.1 Å². The Hall–Kier alpha value is -3.94. The van der Waals surface area contributed by atoms with E-state index in [1.807, 2.05) is 49.4 Å². The number of anilines is 1. The number of aromatic nitrogens is 4. The van der Waals surface area contributed by atoms with Gasteiger partial charge in [-0.2, -0.15) is 0 Å². The number of aryl methyl sites for hydroxylation is 1. The summed E-state index contributed by atoms with van der Waals surface area (Å²) in [6, 6.07) is 18.2. The Morgan fingerprint density at radius 3 is 2.75 bits per heavy atom. The Kier molecular flexibility index (Phi) is 4.83. The van der Waals surface area contributed by atoms with Crippen LogP contribution in [0.2, 0.25) is 0 Å². The molecular formula is C20H17N5O3. The molecule has 8 heteroatoms. The Balaban J connectivity index is 1.40. The first-order valence-corrected chi connectivity index (χ1v) is 8.61. The second-order valence-electron chi connectivity index (χ2n) is 6.08. The quantitative estimate of drug-likeness (QED) is 0.555. The lowest BCUT2D eigenvalue weighted by Gasteiger charge is -2.08. The van der Waals surface area contributed by atoms with Gasteiger partial charge in [-0.05, 0) is 65.4 Å². The van der Waals surface area contributed by atoms with E-state index in [0.29, 0.717) is 11.4 Å². The zero-order valence-electron chi connectivity index (χ0n) is 15.1. The SMILES string of the molecule is Cc1cc(NC(=O)c2ccc(COc3ccccc3)o2)ccc1-n1cnnn1. The number of hydrogen-bond donors (Lipinski definition) is 1. The van der Waals surface area contributed by atoms with Gasteiger partial charge in [0.05, 0.1) is 5.69 Å². The van der Waals surface area contributed by atoms with E-state index >= 15 is 0 Å². The molecule has 4 rings (SSSR count). The summed E-state index contributed by atoms with van der Waals surface area (Å²) in [5, 5.41) is 13.9. The zero-order valence-corrected chi connectivity index (χ0v) is 15.1. The minimum atomic E-state index is -0.333. The van der Waals surface area contributed by atoms with E-state index in [4.69, 9.17) is 9.15 Å². The number of nitrogens with zero attached hydrogens (tertiary/aromatic N) is 4. The Bertz CT molecular complexity index is 1070. The van der Waals surface area contributed by atoms with E-state index in [1.54, 1.807) is 22.9 Å². The van der Waals surface area contributed by atoms with Crippen molar-refractivity contribution >= 4 is 11.6 Å². The first-order chi connectivity index (χ1) is 13.7. The van der Waals surface area contributed by atoms with Gasteiger partial charge < -0.3 is 14.5 Å². The van der Waals surface area contributed by atoms with Gasteiger partial charge in [-0.15, -0.1) is 5.10 Å². The minimum absolute atomic E-state index is 0.217. The van der Waals surface area contributed by atoms with Crippen LogP contribution >= 0.6 is 0 Å². The third-order valence-corrected chi connectivity index (χ3v) is 4.06. The highest BCUT2D eigenvalue weighted by Crippen LogP contribution is 2.19. The molecule has 8 nitrogen and oxygen atoms in total. The lowest BCUT2D eigenvalue weighted by Crippen LogP contribution is -2.11. The van der Waals surface area contributed by atoms with Crippen molar-refractivity contribution < 1.29 is 13.9 Å². The third-order valence-electron chi connectivity index (χ3n) is 4.06. The molecule has 0 radical (unpaired) electrons. The molecule has 0 unspecified atom stereocenters. The number of rotatable bonds is 6. The van der Waals surface area contributed by atoms with Crippen LogP contribution in [0.4, 0.5) is 5.69 Å². The smallest absolute Gasteiger partial charge is 0.291 e. The Morgan fingerprint density at radius 1 is 1.14 bits per heavy atom. The maximum atomic E-state index is 12.4. The summed E-state index contributed by atoms with van der Waals surface area (Å²) in [5.41, 5.74) is 2.40.